The number of hydrogen-bond acceptors (Lipinski definition) is 5. The molecule has 7 heteroatoms. The molecule has 1 aromatic heterocycles. The average molecular weight is 382 g/mol. The van der Waals surface area contributed by atoms with E-state index in [2.05, 4.69) is 0 Å². The summed E-state index contributed by atoms with van der Waals surface area (Å²) in [6.07, 6.45) is 0. The zero-order valence-corrected chi connectivity index (χ0v) is 15.8. The van der Waals surface area contributed by atoms with Gasteiger partial charge in [0.15, 0.2) is 5.78 Å². The first-order chi connectivity index (χ1) is 13.5. The summed E-state index contributed by atoms with van der Waals surface area (Å²) < 4.78 is 12.9. The Morgan fingerprint density at radius 2 is 1.71 bits per heavy atom. The quantitative estimate of drug-likeness (QED) is 0.606. The minimum absolute atomic E-state index is 0.0545. The van der Waals surface area contributed by atoms with Gasteiger partial charge in [0.2, 0.25) is 0 Å². The van der Waals surface area contributed by atoms with E-state index in [1.807, 2.05) is 30.3 Å². The van der Waals surface area contributed by atoms with E-state index in [0.717, 1.165) is 10.1 Å². The van der Waals surface area contributed by atoms with Gasteiger partial charge in [0.1, 0.15) is 5.75 Å². The number of methoxy groups -OCH3 is 1. The van der Waals surface area contributed by atoms with E-state index >= 15 is 0 Å². The Labute approximate surface area is 162 Å². The van der Waals surface area contributed by atoms with Gasteiger partial charge < -0.3 is 14.6 Å². The molecular formula is C21H22N2O5. The molecule has 0 aliphatic carbocycles. The number of rotatable bonds is 8. The summed E-state index contributed by atoms with van der Waals surface area (Å²) in [6, 6.07) is 15.9. The lowest BCUT2D eigenvalue weighted by Gasteiger charge is -2.07. The summed E-state index contributed by atoms with van der Waals surface area (Å²) in [6.45, 7) is 1.97. The molecule has 0 fully saturated rings. The van der Waals surface area contributed by atoms with Crippen LogP contribution in [0.2, 0.25) is 0 Å². The summed E-state index contributed by atoms with van der Waals surface area (Å²) in [5, 5.41) is 10.5. The number of benzene rings is 2. The van der Waals surface area contributed by atoms with Crippen molar-refractivity contribution in [2.75, 3.05) is 13.7 Å². The molecule has 0 aliphatic rings. The van der Waals surface area contributed by atoms with E-state index in [1.54, 1.807) is 38.3 Å². The van der Waals surface area contributed by atoms with Crippen molar-refractivity contribution in [3.05, 3.63) is 76.2 Å². The number of aromatic hydroxyl groups is 1. The molecule has 7 nitrogen and oxygen atoms in total. The summed E-state index contributed by atoms with van der Waals surface area (Å²) in [5.41, 5.74) is 0.789. The Bertz CT molecular complexity index is 1000. The maximum absolute atomic E-state index is 12.9. The van der Waals surface area contributed by atoms with E-state index in [-0.39, 0.29) is 37.2 Å². The molecule has 28 heavy (non-hydrogen) atoms. The van der Waals surface area contributed by atoms with E-state index in [9.17, 15) is 14.7 Å². The minimum atomic E-state index is -0.508. The third-order valence-corrected chi connectivity index (χ3v) is 4.33. The molecule has 2 aromatic carbocycles. The SMILES string of the molecule is CCOc1c(O)n(CC(=O)c2ccc(OC)cc2)c(=O)n1Cc1ccccc1. The van der Waals surface area contributed by atoms with Crippen molar-refractivity contribution in [1.29, 1.82) is 0 Å². The van der Waals surface area contributed by atoms with Crippen LogP contribution >= 0.6 is 0 Å². The number of carbonyl (C=O) groups excluding carboxylic acids is 1. The van der Waals surface area contributed by atoms with Crippen LogP contribution in [0.25, 0.3) is 0 Å². The highest BCUT2D eigenvalue weighted by Crippen LogP contribution is 2.26. The Balaban J connectivity index is 1.93. The molecule has 146 valence electrons. The van der Waals surface area contributed by atoms with Gasteiger partial charge in [-0.25, -0.2) is 4.79 Å². The van der Waals surface area contributed by atoms with Crippen LogP contribution < -0.4 is 15.2 Å². The first-order valence-electron chi connectivity index (χ1n) is 8.91. The predicted octanol–water partition coefficient (Wildman–Crippen LogP) is 2.69. The van der Waals surface area contributed by atoms with Crippen LogP contribution in [0.5, 0.6) is 17.5 Å². The minimum Gasteiger partial charge on any atom is -0.497 e. The van der Waals surface area contributed by atoms with Gasteiger partial charge in [0.05, 0.1) is 26.8 Å². The highest BCUT2D eigenvalue weighted by molar-refractivity contribution is 5.96. The van der Waals surface area contributed by atoms with Crippen LogP contribution in [0.15, 0.2) is 59.4 Å². The monoisotopic (exact) mass is 382 g/mol. The molecule has 0 radical (unpaired) electrons. The summed E-state index contributed by atoms with van der Waals surface area (Å²) >= 11 is 0. The maximum Gasteiger partial charge on any atom is 0.334 e. The lowest BCUT2D eigenvalue weighted by atomic mass is 10.1. The van der Waals surface area contributed by atoms with Crippen LogP contribution in [-0.2, 0) is 13.1 Å². The van der Waals surface area contributed by atoms with Crippen LogP contribution in [0.3, 0.4) is 0 Å². The second kappa shape index (κ2) is 8.47. The van der Waals surface area contributed by atoms with Gasteiger partial charge >= 0.3 is 5.69 Å². The van der Waals surface area contributed by atoms with Crippen LogP contribution in [0, 0.1) is 0 Å². The second-order valence-electron chi connectivity index (χ2n) is 6.15. The molecule has 0 saturated carbocycles. The zero-order chi connectivity index (χ0) is 20.1. The molecule has 3 rings (SSSR count). The molecule has 0 atom stereocenters. The van der Waals surface area contributed by atoms with Gasteiger partial charge in [-0.2, -0.15) is 0 Å². The first kappa shape index (κ1) is 19.3. The normalized spacial score (nSPS) is 10.6. The Hall–Kier alpha value is -3.48. The molecule has 0 amide bonds. The smallest absolute Gasteiger partial charge is 0.334 e. The number of Topliss-reactive ketones (excluding diaryl/α,β-unsaturated/α-hetero) is 1. The van der Waals surface area contributed by atoms with Crippen LogP contribution in [-0.4, -0.2) is 33.7 Å². The van der Waals surface area contributed by atoms with Crippen molar-refractivity contribution >= 4 is 5.78 Å². The van der Waals surface area contributed by atoms with Crippen molar-refractivity contribution in [3.8, 4) is 17.5 Å². The van der Waals surface area contributed by atoms with Crippen molar-refractivity contribution in [3.63, 3.8) is 0 Å². The van der Waals surface area contributed by atoms with E-state index in [0.29, 0.717) is 11.3 Å². The fourth-order valence-electron chi connectivity index (χ4n) is 2.90. The lowest BCUT2D eigenvalue weighted by Crippen LogP contribution is -2.27. The van der Waals surface area contributed by atoms with Crippen molar-refractivity contribution in [2.45, 2.75) is 20.0 Å². The third-order valence-electron chi connectivity index (χ3n) is 4.33. The molecule has 0 unspecified atom stereocenters. The highest BCUT2D eigenvalue weighted by Gasteiger charge is 2.23. The largest absolute Gasteiger partial charge is 0.497 e. The number of ketones is 1. The van der Waals surface area contributed by atoms with Crippen molar-refractivity contribution in [2.24, 2.45) is 0 Å². The molecule has 0 saturated heterocycles. The topological polar surface area (TPSA) is 82.7 Å². The maximum atomic E-state index is 12.9. The molecule has 0 spiro atoms. The number of ether oxygens (including phenoxy) is 2. The standard InChI is InChI=1S/C21H22N2O5/c1-3-28-20-19(25)22(14-18(24)16-9-11-17(27-2)12-10-16)21(26)23(20)13-15-7-5-4-6-8-15/h4-12,25H,3,13-14H2,1-2H3. The van der Waals surface area contributed by atoms with E-state index < -0.39 is 5.69 Å². The number of aromatic nitrogens is 2. The van der Waals surface area contributed by atoms with Gasteiger partial charge in [0, 0.05) is 5.56 Å². The fourth-order valence-corrected chi connectivity index (χ4v) is 2.90. The van der Waals surface area contributed by atoms with E-state index in [1.165, 1.54) is 4.57 Å². The molecule has 0 aliphatic heterocycles. The number of hydrogen-bond donors (Lipinski definition) is 1. The lowest BCUT2D eigenvalue weighted by molar-refractivity contribution is 0.0967. The molecule has 1 heterocycles. The van der Waals surface area contributed by atoms with Crippen molar-refractivity contribution in [1.82, 2.24) is 9.13 Å². The zero-order valence-electron chi connectivity index (χ0n) is 15.8. The van der Waals surface area contributed by atoms with Crippen LogP contribution in [0.1, 0.15) is 22.8 Å². The van der Waals surface area contributed by atoms with Gasteiger partial charge in [-0.15, -0.1) is 0 Å². The van der Waals surface area contributed by atoms with Gasteiger partial charge in [-0.05, 0) is 36.8 Å². The van der Waals surface area contributed by atoms with Gasteiger partial charge in [-0.3, -0.25) is 13.9 Å². The van der Waals surface area contributed by atoms with Gasteiger partial charge in [0.25, 0.3) is 11.8 Å². The van der Waals surface area contributed by atoms with Crippen LogP contribution in [0.4, 0.5) is 0 Å². The summed E-state index contributed by atoms with van der Waals surface area (Å²) in [7, 11) is 1.54. The average Bonchev–Trinajstić information content (AvgIpc) is 2.93. The number of imidazole rings is 1. The molecule has 1 N–H and O–H groups in total. The number of carbonyl (C=O) groups is 1. The summed E-state index contributed by atoms with van der Waals surface area (Å²) in [4.78, 5) is 25.5. The Morgan fingerprint density at radius 3 is 2.32 bits per heavy atom. The highest BCUT2D eigenvalue weighted by atomic mass is 16.5. The number of nitrogens with zero attached hydrogens (tertiary/aromatic N) is 2. The molecule has 0 bridgehead atoms. The van der Waals surface area contributed by atoms with Crippen molar-refractivity contribution < 1.29 is 19.4 Å². The fraction of sp³-hybridized carbons (Fsp3) is 0.238. The third kappa shape index (κ3) is 3.93. The van der Waals surface area contributed by atoms with E-state index in [4.69, 9.17) is 9.47 Å². The Kier molecular flexibility index (Phi) is 5.84. The van der Waals surface area contributed by atoms with Gasteiger partial charge in [-0.1, -0.05) is 30.3 Å². The molecule has 3 aromatic rings. The first-order valence-corrected chi connectivity index (χ1v) is 8.91. The molecular weight excluding hydrogens is 360 g/mol. The summed E-state index contributed by atoms with van der Waals surface area (Å²) in [5.74, 6) is 0.0210. The predicted molar refractivity (Wildman–Crippen MR) is 104 cm³/mol. The Morgan fingerprint density at radius 1 is 1.04 bits per heavy atom. The second-order valence-corrected chi connectivity index (χ2v) is 6.15.